The third-order valence-corrected chi connectivity index (χ3v) is 3.39. The van der Waals surface area contributed by atoms with E-state index in [1.807, 2.05) is 54.1 Å². The number of hydrogen-bond acceptors (Lipinski definition) is 2. The Morgan fingerprint density at radius 3 is 2.60 bits per heavy atom. The lowest BCUT2D eigenvalue weighted by Gasteiger charge is -2.07. The summed E-state index contributed by atoms with van der Waals surface area (Å²) in [4.78, 5) is 15.8. The smallest absolute Gasteiger partial charge is 0.254 e. The minimum Gasteiger partial charge on any atom is -0.305 e. The number of carbonyl (C=O) groups excluding carboxylic acids is 1. The molecule has 20 heavy (non-hydrogen) atoms. The van der Waals surface area contributed by atoms with Gasteiger partial charge in [-0.25, -0.2) is 4.98 Å². The van der Waals surface area contributed by atoms with Crippen LogP contribution in [-0.4, -0.2) is 14.8 Å². The molecule has 3 aromatic rings. The molecule has 5 heteroatoms. The third kappa shape index (κ3) is 2.42. The zero-order valence-corrected chi connectivity index (χ0v) is 12.3. The molecule has 0 unspecified atom stereocenters. The number of benzene rings is 1. The number of pyridine rings is 1. The maximum atomic E-state index is 11.3. The van der Waals surface area contributed by atoms with Crippen molar-refractivity contribution in [3.8, 4) is 5.82 Å². The summed E-state index contributed by atoms with van der Waals surface area (Å²) in [7, 11) is 0. The molecule has 0 aliphatic heterocycles. The van der Waals surface area contributed by atoms with E-state index in [1.165, 1.54) is 0 Å². The molecule has 2 heterocycles. The zero-order chi connectivity index (χ0) is 13.4. The van der Waals surface area contributed by atoms with Crippen molar-refractivity contribution in [1.29, 1.82) is 0 Å². The maximum absolute atomic E-state index is 11.3. The average molecular weight is 307 g/mol. The first-order valence-corrected chi connectivity index (χ1v) is 6.28. The van der Waals surface area contributed by atoms with E-state index in [2.05, 4.69) is 4.98 Å². The molecule has 0 atom stereocenters. The lowest BCUT2D eigenvalue weighted by Crippen LogP contribution is -2.00. The van der Waals surface area contributed by atoms with Gasteiger partial charge in [0.25, 0.3) is 5.24 Å². The summed E-state index contributed by atoms with van der Waals surface area (Å²) < 4.78 is 1.86. The highest BCUT2D eigenvalue weighted by Gasteiger charge is 2.12. The molecule has 0 amide bonds. The predicted molar refractivity (Wildman–Crippen MR) is 83.2 cm³/mol. The van der Waals surface area contributed by atoms with Crippen LogP contribution in [0.15, 0.2) is 48.7 Å². The molecule has 0 saturated heterocycles. The SMILES string of the molecule is Cc1c(C(=O)Cl)ccn1-c1ccc2ccccc2n1.Cl. The fourth-order valence-corrected chi connectivity index (χ4v) is 2.36. The molecule has 0 spiro atoms. The second-order valence-electron chi connectivity index (χ2n) is 4.32. The molecule has 0 aliphatic carbocycles. The van der Waals surface area contributed by atoms with E-state index >= 15 is 0 Å². The highest BCUT2D eigenvalue weighted by Crippen LogP contribution is 2.19. The van der Waals surface area contributed by atoms with Crippen LogP contribution in [0.2, 0.25) is 0 Å². The van der Waals surface area contributed by atoms with Crippen LogP contribution in [0.1, 0.15) is 16.1 Å². The van der Waals surface area contributed by atoms with Crippen molar-refractivity contribution in [2.45, 2.75) is 6.92 Å². The Bertz CT molecular complexity index is 780. The van der Waals surface area contributed by atoms with Crippen LogP contribution in [0.5, 0.6) is 0 Å². The van der Waals surface area contributed by atoms with Crippen LogP contribution in [0.4, 0.5) is 0 Å². The van der Waals surface area contributed by atoms with Crippen molar-refractivity contribution in [1.82, 2.24) is 9.55 Å². The molecule has 2 aromatic heterocycles. The Balaban J connectivity index is 0.00000147. The van der Waals surface area contributed by atoms with Crippen LogP contribution in [0.25, 0.3) is 16.7 Å². The van der Waals surface area contributed by atoms with E-state index in [1.54, 1.807) is 6.07 Å². The first-order chi connectivity index (χ1) is 9.16. The maximum Gasteiger partial charge on any atom is 0.254 e. The molecule has 0 fully saturated rings. The van der Waals surface area contributed by atoms with Gasteiger partial charge in [-0.3, -0.25) is 4.79 Å². The molecular formula is C15H12Cl2N2O. The Hall–Kier alpha value is -1.84. The minimum absolute atomic E-state index is 0. The van der Waals surface area contributed by atoms with Crippen molar-refractivity contribution < 1.29 is 4.79 Å². The van der Waals surface area contributed by atoms with Gasteiger partial charge in [-0.05, 0) is 42.8 Å². The van der Waals surface area contributed by atoms with Gasteiger partial charge in [0.05, 0.1) is 11.1 Å². The van der Waals surface area contributed by atoms with Crippen molar-refractivity contribution in [2.75, 3.05) is 0 Å². The molecule has 0 bridgehead atoms. The minimum atomic E-state index is -0.447. The monoisotopic (exact) mass is 306 g/mol. The lowest BCUT2D eigenvalue weighted by molar-refractivity contribution is 0.108. The van der Waals surface area contributed by atoms with E-state index in [0.29, 0.717) is 5.56 Å². The standard InChI is InChI=1S/C15H11ClN2O.ClH/c1-10-12(15(16)19)8-9-18(10)14-7-6-11-4-2-3-5-13(11)17-14;/h2-9H,1H3;1H. The number of carbonyl (C=O) groups is 1. The van der Waals surface area contributed by atoms with E-state index in [-0.39, 0.29) is 12.4 Å². The highest BCUT2D eigenvalue weighted by molar-refractivity contribution is 6.67. The number of nitrogens with zero attached hydrogens (tertiary/aromatic N) is 2. The largest absolute Gasteiger partial charge is 0.305 e. The van der Waals surface area contributed by atoms with Crippen molar-refractivity contribution >= 4 is 40.2 Å². The highest BCUT2D eigenvalue weighted by atomic mass is 35.5. The quantitative estimate of drug-likeness (QED) is 0.667. The van der Waals surface area contributed by atoms with Gasteiger partial charge in [0.15, 0.2) is 0 Å². The summed E-state index contributed by atoms with van der Waals surface area (Å²) in [5, 5.41) is 0.641. The summed E-state index contributed by atoms with van der Waals surface area (Å²) in [6, 6.07) is 13.6. The van der Waals surface area contributed by atoms with Gasteiger partial charge in [-0.2, -0.15) is 0 Å². The Morgan fingerprint density at radius 2 is 1.90 bits per heavy atom. The topological polar surface area (TPSA) is 34.9 Å². The number of aromatic nitrogens is 2. The van der Waals surface area contributed by atoms with E-state index < -0.39 is 5.24 Å². The van der Waals surface area contributed by atoms with Gasteiger partial charge >= 0.3 is 0 Å². The summed E-state index contributed by atoms with van der Waals surface area (Å²) in [6.07, 6.45) is 1.81. The van der Waals surface area contributed by atoms with Gasteiger partial charge in [0.1, 0.15) is 5.82 Å². The fourth-order valence-electron chi connectivity index (χ4n) is 2.16. The van der Waals surface area contributed by atoms with Crippen molar-refractivity contribution in [3.63, 3.8) is 0 Å². The summed E-state index contributed by atoms with van der Waals surface area (Å²) in [5.74, 6) is 0.778. The second kappa shape index (κ2) is 5.65. The van der Waals surface area contributed by atoms with E-state index in [4.69, 9.17) is 11.6 Å². The molecular weight excluding hydrogens is 295 g/mol. The second-order valence-corrected chi connectivity index (χ2v) is 4.66. The van der Waals surface area contributed by atoms with Gasteiger partial charge in [0, 0.05) is 17.3 Å². The Labute approximate surface area is 127 Å². The molecule has 3 rings (SSSR count). The third-order valence-electron chi connectivity index (χ3n) is 3.18. The molecule has 1 aromatic carbocycles. The lowest BCUT2D eigenvalue weighted by atomic mass is 10.2. The first-order valence-electron chi connectivity index (χ1n) is 5.91. The Kier molecular flexibility index (Phi) is 4.12. The number of hydrogen-bond donors (Lipinski definition) is 0. The molecule has 0 radical (unpaired) electrons. The summed E-state index contributed by atoms with van der Waals surface area (Å²) in [5.41, 5.74) is 2.23. The number of rotatable bonds is 2. The number of halogens is 2. The molecule has 3 nitrogen and oxygen atoms in total. The van der Waals surface area contributed by atoms with Crippen LogP contribution in [0.3, 0.4) is 0 Å². The van der Waals surface area contributed by atoms with E-state index in [9.17, 15) is 4.79 Å². The zero-order valence-electron chi connectivity index (χ0n) is 10.7. The number of para-hydroxylation sites is 1. The summed E-state index contributed by atoms with van der Waals surface area (Å²) >= 11 is 5.53. The van der Waals surface area contributed by atoms with Gasteiger partial charge in [0.2, 0.25) is 0 Å². The first kappa shape index (κ1) is 14.6. The summed E-state index contributed by atoms with van der Waals surface area (Å²) in [6.45, 7) is 1.85. The predicted octanol–water partition coefficient (Wildman–Crippen LogP) is 4.13. The van der Waals surface area contributed by atoms with Gasteiger partial charge in [-0.15, -0.1) is 12.4 Å². The molecule has 102 valence electrons. The molecule has 0 saturated carbocycles. The number of fused-ring (bicyclic) bond motifs is 1. The van der Waals surface area contributed by atoms with Crippen LogP contribution < -0.4 is 0 Å². The van der Waals surface area contributed by atoms with Crippen LogP contribution >= 0.6 is 24.0 Å². The van der Waals surface area contributed by atoms with Crippen LogP contribution in [-0.2, 0) is 0 Å². The van der Waals surface area contributed by atoms with Crippen molar-refractivity contribution in [2.24, 2.45) is 0 Å². The van der Waals surface area contributed by atoms with Gasteiger partial charge < -0.3 is 4.57 Å². The average Bonchev–Trinajstić information content (AvgIpc) is 2.80. The van der Waals surface area contributed by atoms with Crippen LogP contribution in [0, 0.1) is 6.92 Å². The van der Waals surface area contributed by atoms with E-state index in [0.717, 1.165) is 22.4 Å². The molecule has 0 N–H and O–H groups in total. The molecule has 0 aliphatic rings. The normalized spacial score (nSPS) is 10.3. The fraction of sp³-hybridized carbons (Fsp3) is 0.0667. The Morgan fingerprint density at radius 1 is 1.15 bits per heavy atom. The van der Waals surface area contributed by atoms with Crippen molar-refractivity contribution in [3.05, 3.63) is 59.9 Å². The van der Waals surface area contributed by atoms with Gasteiger partial charge in [-0.1, -0.05) is 18.2 Å².